The quantitative estimate of drug-likeness (QED) is 0.612. The number of carbonyl (C=O) groups is 3. The summed E-state index contributed by atoms with van der Waals surface area (Å²) in [4.78, 5) is 40.6. The highest BCUT2D eigenvalue weighted by Gasteiger charge is 2.46. The Balaban J connectivity index is 1.56. The first-order valence-corrected chi connectivity index (χ1v) is 13.7. The Morgan fingerprint density at radius 2 is 1.80 bits per heavy atom. The van der Waals surface area contributed by atoms with Crippen LogP contribution < -0.4 is 15.4 Å². The number of nitrogens with zero attached hydrogens (tertiary/aromatic N) is 2. The molecular weight excluding hydrogens is 472 g/mol. The fourth-order valence-corrected chi connectivity index (χ4v) is 6.56. The molecule has 11 heteroatoms. The van der Waals surface area contributed by atoms with Crippen LogP contribution in [0.4, 0.5) is 0 Å². The number of nitrogens with one attached hydrogen (secondary N) is 2. The Labute approximate surface area is 206 Å². The van der Waals surface area contributed by atoms with Crippen molar-refractivity contribution in [2.24, 2.45) is 0 Å². The lowest BCUT2D eigenvalue weighted by Gasteiger charge is -2.39. The van der Waals surface area contributed by atoms with Gasteiger partial charge in [-0.25, -0.2) is 8.42 Å². The van der Waals surface area contributed by atoms with Crippen molar-refractivity contribution < 1.29 is 27.5 Å². The molecule has 3 heterocycles. The maximum Gasteiger partial charge on any atom is 0.247 e. The third kappa shape index (κ3) is 5.16. The van der Waals surface area contributed by atoms with Gasteiger partial charge in [0.1, 0.15) is 17.8 Å². The van der Waals surface area contributed by atoms with E-state index in [1.54, 1.807) is 18.7 Å². The predicted octanol–water partition coefficient (Wildman–Crippen LogP) is 0.935. The van der Waals surface area contributed by atoms with E-state index in [1.807, 2.05) is 24.3 Å². The average molecular weight is 507 g/mol. The molecule has 0 aromatic heterocycles. The molecule has 2 saturated heterocycles. The summed E-state index contributed by atoms with van der Waals surface area (Å²) in [5, 5.41) is 5.08. The standard InChI is InChI=1S/C24H34N4O6S/c1-15(2)35(32,33)27-12-10-17-8-9-21(28(17)24(31)20(14-27)25-16(3)29)23(30)26-19-11-13-34-22-7-5-4-6-18(19)22/h4-7,15,17,19-21H,8-14H2,1-3H3,(H,25,29)(H,26,30)/t17-,19-,20+,21+/m1/s1. The number of amides is 3. The van der Waals surface area contributed by atoms with Crippen LogP contribution in [0, 0.1) is 0 Å². The third-order valence-electron chi connectivity index (χ3n) is 7.06. The number of ether oxygens (including phenoxy) is 1. The minimum absolute atomic E-state index is 0.149. The number of rotatable bonds is 5. The Hall–Kier alpha value is -2.66. The van der Waals surface area contributed by atoms with Gasteiger partial charge in [-0.1, -0.05) is 18.2 Å². The molecule has 192 valence electrons. The summed E-state index contributed by atoms with van der Waals surface area (Å²) in [6.07, 6.45) is 2.14. The normalized spacial score (nSPS) is 27.3. The lowest BCUT2D eigenvalue weighted by molar-refractivity contribution is -0.144. The highest BCUT2D eigenvalue weighted by Crippen LogP contribution is 2.34. The van der Waals surface area contributed by atoms with Crippen molar-refractivity contribution in [1.82, 2.24) is 19.8 Å². The van der Waals surface area contributed by atoms with Crippen LogP contribution in [0.2, 0.25) is 0 Å². The fraction of sp³-hybridized carbons (Fsp3) is 0.625. The van der Waals surface area contributed by atoms with Gasteiger partial charge in [0.05, 0.1) is 17.9 Å². The van der Waals surface area contributed by atoms with E-state index >= 15 is 0 Å². The van der Waals surface area contributed by atoms with E-state index in [1.165, 1.54) is 11.2 Å². The number of hydrogen-bond donors (Lipinski definition) is 2. The first-order valence-electron chi connectivity index (χ1n) is 12.2. The highest BCUT2D eigenvalue weighted by atomic mass is 32.2. The SMILES string of the molecule is CC(=O)N[C@H]1CN(S(=O)(=O)C(C)C)CC[C@H]2CC[C@@H](C(=O)N[C@@H]3CCOc4ccccc43)N2C1=O. The molecule has 1 aromatic rings. The van der Waals surface area contributed by atoms with E-state index in [4.69, 9.17) is 4.74 Å². The van der Waals surface area contributed by atoms with E-state index in [0.29, 0.717) is 32.3 Å². The van der Waals surface area contributed by atoms with Crippen LogP contribution in [0.1, 0.15) is 58.1 Å². The molecule has 3 amide bonds. The predicted molar refractivity (Wildman–Crippen MR) is 129 cm³/mol. The fourth-order valence-electron chi connectivity index (χ4n) is 5.25. The molecule has 4 rings (SSSR count). The lowest BCUT2D eigenvalue weighted by atomic mass is 10.00. The second-order valence-electron chi connectivity index (χ2n) is 9.72. The van der Waals surface area contributed by atoms with E-state index in [9.17, 15) is 22.8 Å². The van der Waals surface area contributed by atoms with Crippen molar-refractivity contribution in [1.29, 1.82) is 0 Å². The molecular formula is C24H34N4O6S. The monoisotopic (exact) mass is 506 g/mol. The maximum atomic E-state index is 13.7. The molecule has 0 saturated carbocycles. The lowest BCUT2D eigenvalue weighted by Crippen LogP contribution is -2.61. The van der Waals surface area contributed by atoms with Crippen LogP contribution in [-0.4, -0.2) is 78.4 Å². The smallest absolute Gasteiger partial charge is 0.247 e. The maximum absolute atomic E-state index is 13.7. The highest BCUT2D eigenvalue weighted by molar-refractivity contribution is 7.89. The van der Waals surface area contributed by atoms with Crippen molar-refractivity contribution in [2.45, 2.75) is 75.9 Å². The first-order chi connectivity index (χ1) is 16.6. The van der Waals surface area contributed by atoms with Crippen molar-refractivity contribution in [2.75, 3.05) is 19.7 Å². The van der Waals surface area contributed by atoms with Crippen LogP contribution in [0.15, 0.2) is 24.3 Å². The molecule has 35 heavy (non-hydrogen) atoms. The second kappa shape index (κ2) is 10.1. The van der Waals surface area contributed by atoms with Gasteiger partial charge in [0.15, 0.2) is 0 Å². The average Bonchev–Trinajstić information content (AvgIpc) is 3.23. The molecule has 0 aliphatic carbocycles. The largest absolute Gasteiger partial charge is 0.493 e. The van der Waals surface area contributed by atoms with Crippen LogP contribution in [-0.2, 0) is 24.4 Å². The van der Waals surface area contributed by atoms with Crippen molar-refractivity contribution in [3.05, 3.63) is 29.8 Å². The zero-order chi connectivity index (χ0) is 25.3. The van der Waals surface area contributed by atoms with Crippen LogP contribution in [0.5, 0.6) is 5.75 Å². The molecule has 4 atom stereocenters. The van der Waals surface area contributed by atoms with Gasteiger partial charge >= 0.3 is 0 Å². The number of benzene rings is 1. The number of hydrogen-bond acceptors (Lipinski definition) is 6. The van der Waals surface area contributed by atoms with E-state index < -0.39 is 39.2 Å². The Morgan fingerprint density at radius 1 is 1.06 bits per heavy atom. The van der Waals surface area contributed by atoms with E-state index in [-0.39, 0.29) is 31.1 Å². The molecule has 0 bridgehead atoms. The topological polar surface area (TPSA) is 125 Å². The van der Waals surface area contributed by atoms with E-state index in [0.717, 1.165) is 11.3 Å². The third-order valence-corrected chi connectivity index (χ3v) is 9.31. The minimum atomic E-state index is -3.62. The molecule has 10 nitrogen and oxygen atoms in total. The van der Waals surface area contributed by atoms with Crippen LogP contribution in [0.25, 0.3) is 0 Å². The van der Waals surface area contributed by atoms with Gasteiger partial charge in [-0.15, -0.1) is 0 Å². The summed E-state index contributed by atoms with van der Waals surface area (Å²) in [5.74, 6) is -0.343. The van der Waals surface area contributed by atoms with Crippen molar-refractivity contribution >= 4 is 27.7 Å². The van der Waals surface area contributed by atoms with Gasteiger partial charge in [-0.3, -0.25) is 14.4 Å². The summed E-state index contributed by atoms with van der Waals surface area (Å²) in [6.45, 7) is 5.06. The number of carbonyl (C=O) groups excluding carboxylic acids is 3. The number of fused-ring (bicyclic) bond motifs is 2. The Bertz CT molecular complexity index is 1090. The Morgan fingerprint density at radius 3 is 2.51 bits per heavy atom. The van der Waals surface area contributed by atoms with Gasteiger partial charge in [-0.05, 0) is 39.2 Å². The molecule has 3 aliphatic rings. The molecule has 2 fully saturated rings. The van der Waals surface area contributed by atoms with Gasteiger partial charge in [0.25, 0.3) is 0 Å². The summed E-state index contributed by atoms with van der Waals surface area (Å²) in [6, 6.07) is 5.36. The van der Waals surface area contributed by atoms with Gasteiger partial charge in [0, 0.05) is 38.0 Å². The zero-order valence-corrected chi connectivity index (χ0v) is 21.2. The molecule has 0 unspecified atom stereocenters. The summed E-state index contributed by atoms with van der Waals surface area (Å²) in [5.41, 5.74) is 0.909. The van der Waals surface area contributed by atoms with Crippen LogP contribution >= 0.6 is 0 Å². The molecule has 2 N–H and O–H groups in total. The summed E-state index contributed by atoms with van der Waals surface area (Å²) >= 11 is 0. The molecule has 0 spiro atoms. The van der Waals surface area contributed by atoms with Crippen molar-refractivity contribution in [3.63, 3.8) is 0 Å². The zero-order valence-electron chi connectivity index (χ0n) is 20.4. The van der Waals surface area contributed by atoms with Gasteiger partial charge < -0.3 is 20.3 Å². The summed E-state index contributed by atoms with van der Waals surface area (Å²) < 4.78 is 32.8. The van der Waals surface area contributed by atoms with Gasteiger partial charge in [0.2, 0.25) is 27.7 Å². The van der Waals surface area contributed by atoms with E-state index in [2.05, 4.69) is 10.6 Å². The molecule has 1 aromatic carbocycles. The number of para-hydroxylation sites is 1. The summed E-state index contributed by atoms with van der Waals surface area (Å²) in [7, 11) is -3.62. The Kier molecular flexibility index (Phi) is 7.37. The minimum Gasteiger partial charge on any atom is -0.493 e. The molecule has 0 radical (unpaired) electrons. The van der Waals surface area contributed by atoms with Crippen LogP contribution in [0.3, 0.4) is 0 Å². The first kappa shape index (κ1) is 25.4. The van der Waals surface area contributed by atoms with Crippen molar-refractivity contribution in [3.8, 4) is 5.75 Å². The second-order valence-corrected chi connectivity index (χ2v) is 12.2. The molecule has 3 aliphatic heterocycles. The van der Waals surface area contributed by atoms with Gasteiger partial charge in [-0.2, -0.15) is 4.31 Å². The number of sulfonamides is 1.